The Bertz CT molecular complexity index is 286. The van der Waals surface area contributed by atoms with E-state index in [9.17, 15) is 0 Å². The van der Waals surface area contributed by atoms with Crippen LogP contribution >= 0.6 is 37.2 Å². The zero-order chi connectivity index (χ0) is 21.6. The first kappa shape index (κ1) is 38.8. The van der Waals surface area contributed by atoms with Crippen LogP contribution in [0.5, 0.6) is 0 Å². The van der Waals surface area contributed by atoms with Crippen LogP contribution in [0.2, 0.25) is 50.4 Å². The molecule has 0 spiro atoms. The van der Waals surface area contributed by atoms with Crippen LogP contribution in [-0.2, 0) is 0 Å². The fraction of sp³-hybridized carbons (Fsp3) is 0.810. The third-order valence-corrected chi connectivity index (χ3v) is 10.3. The number of unbranched alkanes of at least 4 members (excludes halogenated alkanes) is 1. The fourth-order valence-corrected chi connectivity index (χ4v) is 6.92. The van der Waals surface area contributed by atoms with Gasteiger partial charge in [-0.1, -0.05) is 77.6 Å². The first-order valence-corrected chi connectivity index (χ1v) is 22.8. The molecule has 0 saturated heterocycles. The summed E-state index contributed by atoms with van der Waals surface area (Å²) >= 11 is 4.24. The molecule has 0 aliphatic heterocycles. The zero-order valence-corrected chi connectivity index (χ0v) is 25.3. The van der Waals surface area contributed by atoms with Gasteiger partial charge in [-0.15, -0.1) is 13.2 Å². The van der Waals surface area contributed by atoms with Gasteiger partial charge in [0.25, 0.3) is 0 Å². The maximum Gasteiger partial charge on any atom is 0.0548 e. The van der Waals surface area contributed by atoms with Crippen molar-refractivity contribution in [1.82, 2.24) is 4.90 Å². The SMILES string of the molecule is C.C=CC[Si](C)(C)CC=C.CCCC[Si](C)(C)CCCN(C)C.CN.II. The third kappa shape index (κ3) is 38.5. The van der Waals surface area contributed by atoms with Crippen molar-refractivity contribution in [1.29, 1.82) is 0 Å². The molecule has 0 amide bonds. The van der Waals surface area contributed by atoms with E-state index in [0.717, 1.165) is 0 Å². The van der Waals surface area contributed by atoms with Crippen LogP contribution in [0.15, 0.2) is 25.3 Å². The molecule has 168 valence electrons. The van der Waals surface area contributed by atoms with Crippen LogP contribution in [0.25, 0.3) is 0 Å². The average molecular weight is 643 g/mol. The summed E-state index contributed by atoms with van der Waals surface area (Å²) in [6, 6.07) is 5.44. The van der Waals surface area contributed by atoms with Crippen molar-refractivity contribution < 1.29 is 0 Å². The molecule has 0 aromatic heterocycles. The minimum absolute atomic E-state index is 0. The monoisotopic (exact) mass is 642 g/mol. The van der Waals surface area contributed by atoms with Gasteiger partial charge in [0.1, 0.15) is 0 Å². The van der Waals surface area contributed by atoms with Gasteiger partial charge in [-0.25, -0.2) is 0 Å². The van der Waals surface area contributed by atoms with Crippen molar-refractivity contribution in [3.8, 4) is 0 Å². The predicted molar refractivity (Wildman–Crippen MR) is 158 cm³/mol. The minimum atomic E-state index is -0.939. The van der Waals surface area contributed by atoms with Crippen LogP contribution in [0.3, 0.4) is 0 Å². The number of rotatable bonds is 11. The molecule has 27 heavy (non-hydrogen) atoms. The molecule has 0 rings (SSSR count). The summed E-state index contributed by atoms with van der Waals surface area (Å²) in [5.74, 6) is 0. The molecule has 2 nitrogen and oxygen atoms in total. The molecule has 0 heterocycles. The highest BCUT2D eigenvalue weighted by Crippen LogP contribution is 2.20. The fourth-order valence-electron chi connectivity index (χ4n) is 2.52. The quantitative estimate of drug-likeness (QED) is 0.139. The predicted octanol–water partition coefficient (Wildman–Crippen LogP) is 8.50. The zero-order valence-electron chi connectivity index (χ0n) is 19.0. The summed E-state index contributed by atoms with van der Waals surface area (Å²) in [5, 5.41) is 0. The Balaban J connectivity index is -0.000000101. The first-order valence-electron chi connectivity index (χ1n) is 9.69. The number of nitrogens with two attached hydrogens (primary N) is 1. The Morgan fingerprint density at radius 3 is 1.52 bits per heavy atom. The molecule has 2 N–H and O–H groups in total. The molecule has 0 unspecified atom stereocenters. The molecule has 0 radical (unpaired) electrons. The molecule has 0 bridgehead atoms. The van der Waals surface area contributed by atoms with Crippen molar-refractivity contribution in [2.75, 3.05) is 27.7 Å². The van der Waals surface area contributed by atoms with Gasteiger partial charge in [-0.05, 0) is 46.2 Å². The van der Waals surface area contributed by atoms with E-state index in [0.29, 0.717) is 0 Å². The van der Waals surface area contributed by atoms with E-state index < -0.39 is 16.1 Å². The van der Waals surface area contributed by atoms with Crippen molar-refractivity contribution >= 4 is 53.4 Å². The lowest BCUT2D eigenvalue weighted by molar-refractivity contribution is 0.407. The summed E-state index contributed by atoms with van der Waals surface area (Å²) in [4.78, 5) is 2.30. The first-order chi connectivity index (χ1) is 12.1. The van der Waals surface area contributed by atoms with Gasteiger partial charge < -0.3 is 10.6 Å². The Morgan fingerprint density at radius 1 is 0.852 bits per heavy atom. The van der Waals surface area contributed by atoms with Crippen molar-refractivity contribution in [2.24, 2.45) is 5.73 Å². The second kappa shape index (κ2) is 27.3. The maximum atomic E-state index is 4.50. The van der Waals surface area contributed by atoms with Crippen LogP contribution in [-0.4, -0.2) is 48.7 Å². The molecule has 0 saturated carbocycles. The summed E-state index contributed by atoms with van der Waals surface area (Å²) in [5.41, 5.74) is 4.50. The second-order valence-corrected chi connectivity index (χ2v) is 18.8. The molecule has 0 atom stereocenters. The largest absolute Gasteiger partial charge is 0.333 e. The number of hydrogen-bond donors (Lipinski definition) is 1. The third-order valence-electron chi connectivity index (χ3n) is 4.06. The Labute approximate surface area is 199 Å². The van der Waals surface area contributed by atoms with Crippen LogP contribution < -0.4 is 5.73 Å². The highest BCUT2D eigenvalue weighted by molar-refractivity contribution is 15.0. The molecule has 0 fully saturated rings. The lowest BCUT2D eigenvalue weighted by Gasteiger charge is -2.22. The molecule has 0 aliphatic rings. The van der Waals surface area contributed by atoms with Gasteiger partial charge in [-0.3, -0.25) is 0 Å². The molecular formula is C21H52I2N2Si2. The lowest BCUT2D eigenvalue weighted by atomic mass is 10.4. The number of halogens is 2. The Kier molecular flexibility index (Phi) is 39.3. The Hall–Kier alpha value is 1.29. The molecular weight excluding hydrogens is 590 g/mol. The van der Waals surface area contributed by atoms with E-state index in [2.05, 4.69) is 108 Å². The van der Waals surface area contributed by atoms with E-state index in [1.54, 1.807) is 0 Å². The van der Waals surface area contributed by atoms with E-state index >= 15 is 0 Å². The molecule has 0 aliphatic carbocycles. The minimum Gasteiger partial charge on any atom is -0.333 e. The van der Waals surface area contributed by atoms with Gasteiger partial charge in [0, 0.05) is 45.3 Å². The van der Waals surface area contributed by atoms with Gasteiger partial charge >= 0.3 is 0 Å². The summed E-state index contributed by atoms with van der Waals surface area (Å²) in [6.45, 7) is 20.8. The van der Waals surface area contributed by atoms with Crippen molar-refractivity contribution in [2.45, 2.75) is 84.0 Å². The smallest absolute Gasteiger partial charge is 0.0548 e. The van der Waals surface area contributed by atoms with Crippen molar-refractivity contribution in [3.63, 3.8) is 0 Å². The lowest BCUT2D eigenvalue weighted by Crippen LogP contribution is -2.26. The normalized spacial score (nSPS) is 10.1. The standard InChI is InChI=1S/C11H27NSi.C8H16Si.CH5N.CH4.I2/c1-6-7-10-13(4,5)11-8-9-12(2)3;1-5-7-9(3,4)8-6-2;1-2;;1-2/h6-11H2,1-5H3;5-6H,1-2,7-8H2,3-4H3;2H2,1H3;1H4;. The van der Waals surface area contributed by atoms with Gasteiger partial charge in [0.2, 0.25) is 0 Å². The van der Waals surface area contributed by atoms with Gasteiger partial charge in [0.05, 0.1) is 8.07 Å². The van der Waals surface area contributed by atoms with Gasteiger partial charge in [-0.2, -0.15) is 0 Å². The molecule has 0 aromatic rings. The van der Waals surface area contributed by atoms with Crippen LogP contribution in [0.1, 0.15) is 33.6 Å². The number of hydrogen-bond acceptors (Lipinski definition) is 2. The summed E-state index contributed by atoms with van der Waals surface area (Å²) < 4.78 is 0. The van der Waals surface area contributed by atoms with Crippen molar-refractivity contribution in [3.05, 3.63) is 25.3 Å². The van der Waals surface area contributed by atoms with Crippen LogP contribution in [0, 0.1) is 0 Å². The highest BCUT2D eigenvalue weighted by Gasteiger charge is 2.18. The summed E-state index contributed by atoms with van der Waals surface area (Å²) in [6.07, 6.45) is 8.26. The van der Waals surface area contributed by atoms with Crippen LogP contribution in [0.4, 0.5) is 0 Å². The van der Waals surface area contributed by atoms with E-state index in [-0.39, 0.29) is 7.43 Å². The number of nitrogens with zero attached hydrogens (tertiary/aromatic N) is 1. The summed E-state index contributed by atoms with van der Waals surface area (Å²) in [7, 11) is 4.08. The maximum absolute atomic E-state index is 4.50. The highest BCUT2D eigenvalue weighted by atomic mass is 128. The second-order valence-electron chi connectivity index (χ2n) is 8.32. The topological polar surface area (TPSA) is 29.3 Å². The van der Waals surface area contributed by atoms with E-state index in [1.165, 1.54) is 57.0 Å². The van der Waals surface area contributed by atoms with E-state index in [1.807, 2.05) is 12.2 Å². The molecule has 6 heteroatoms. The van der Waals surface area contributed by atoms with E-state index in [4.69, 9.17) is 0 Å². The molecule has 0 aromatic carbocycles. The Morgan fingerprint density at radius 2 is 1.22 bits per heavy atom. The average Bonchev–Trinajstić information content (AvgIpc) is 2.56. The van der Waals surface area contributed by atoms with Gasteiger partial charge in [0.15, 0.2) is 0 Å². The number of allylic oxidation sites excluding steroid dienone is 2.